The van der Waals surface area contributed by atoms with Gasteiger partial charge in [-0.2, -0.15) is 0 Å². The standard InChI is InChI=1S/C16H18N2O4S2/c1-16(2)10-22-13-7-6-11(9-12(13)18(3)15(16)19)17-24(20,21)14-5-4-8-23-14/h4-9,17H,10H2,1-3H3. The zero-order valence-corrected chi connectivity index (χ0v) is 15.2. The highest BCUT2D eigenvalue weighted by atomic mass is 32.2. The van der Waals surface area contributed by atoms with Crippen LogP contribution in [-0.2, 0) is 14.8 Å². The van der Waals surface area contributed by atoms with Crippen LogP contribution in [0.3, 0.4) is 0 Å². The number of amides is 1. The Morgan fingerprint density at radius 1 is 1.29 bits per heavy atom. The van der Waals surface area contributed by atoms with Gasteiger partial charge in [-0.05, 0) is 43.5 Å². The summed E-state index contributed by atoms with van der Waals surface area (Å²) in [7, 11) is -1.97. The van der Waals surface area contributed by atoms with Gasteiger partial charge < -0.3 is 9.64 Å². The number of anilines is 2. The molecule has 0 aliphatic carbocycles. The molecule has 1 aliphatic rings. The molecule has 0 bridgehead atoms. The Bertz CT molecular complexity index is 873. The quantitative estimate of drug-likeness (QED) is 0.906. The van der Waals surface area contributed by atoms with E-state index < -0.39 is 15.4 Å². The number of nitrogens with one attached hydrogen (secondary N) is 1. The molecular formula is C16H18N2O4S2. The highest BCUT2D eigenvalue weighted by molar-refractivity contribution is 7.94. The summed E-state index contributed by atoms with van der Waals surface area (Å²) in [4.78, 5) is 14.0. The van der Waals surface area contributed by atoms with Crippen LogP contribution < -0.4 is 14.4 Å². The monoisotopic (exact) mass is 366 g/mol. The van der Waals surface area contributed by atoms with Gasteiger partial charge in [-0.1, -0.05) is 6.07 Å². The van der Waals surface area contributed by atoms with Crippen molar-refractivity contribution in [1.82, 2.24) is 0 Å². The van der Waals surface area contributed by atoms with E-state index in [1.165, 1.54) is 11.0 Å². The minimum absolute atomic E-state index is 0.0838. The number of hydrogen-bond acceptors (Lipinski definition) is 5. The lowest BCUT2D eigenvalue weighted by Crippen LogP contribution is -2.39. The van der Waals surface area contributed by atoms with E-state index in [0.717, 1.165) is 11.3 Å². The van der Waals surface area contributed by atoms with Gasteiger partial charge in [0, 0.05) is 7.05 Å². The molecule has 6 nitrogen and oxygen atoms in total. The van der Waals surface area contributed by atoms with E-state index in [2.05, 4.69) is 4.72 Å². The predicted octanol–water partition coefficient (Wildman–Crippen LogP) is 2.93. The molecule has 0 atom stereocenters. The number of benzene rings is 1. The van der Waals surface area contributed by atoms with Gasteiger partial charge in [-0.25, -0.2) is 8.42 Å². The van der Waals surface area contributed by atoms with Gasteiger partial charge >= 0.3 is 0 Å². The average molecular weight is 366 g/mol. The van der Waals surface area contributed by atoms with Gasteiger partial charge in [0.25, 0.3) is 10.0 Å². The number of ether oxygens (including phenoxy) is 1. The number of nitrogens with zero attached hydrogens (tertiary/aromatic N) is 1. The van der Waals surface area contributed by atoms with Crippen molar-refractivity contribution in [3.8, 4) is 5.75 Å². The second kappa shape index (κ2) is 5.78. The summed E-state index contributed by atoms with van der Waals surface area (Å²) in [6.07, 6.45) is 0. The summed E-state index contributed by atoms with van der Waals surface area (Å²) in [5.41, 5.74) is 0.270. The summed E-state index contributed by atoms with van der Waals surface area (Å²) < 4.78 is 33.2. The van der Waals surface area contributed by atoms with E-state index in [9.17, 15) is 13.2 Å². The molecule has 2 aromatic rings. The van der Waals surface area contributed by atoms with E-state index in [1.54, 1.807) is 36.7 Å². The molecule has 3 rings (SSSR count). The predicted molar refractivity (Wildman–Crippen MR) is 94.3 cm³/mol. The minimum atomic E-state index is -3.64. The van der Waals surface area contributed by atoms with Crippen LogP contribution in [0.15, 0.2) is 39.9 Å². The third-order valence-corrected chi connectivity index (χ3v) is 6.58. The van der Waals surface area contributed by atoms with Crippen LogP contribution >= 0.6 is 11.3 Å². The first-order valence-electron chi connectivity index (χ1n) is 7.32. The largest absolute Gasteiger partial charge is 0.490 e. The first kappa shape index (κ1) is 16.8. The molecule has 1 aliphatic heterocycles. The molecule has 0 saturated carbocycles. The van der Waals surface area contributed by atoms with Crippen LogP contribution in [0.2, 0.25) is 0 Å². The molecule has 1 aromatic heterocycles. The summed E-state index contributed by atoms with van der Waals surface area (Å²) in [5.74, 6) is 0.468. The maximum atomic E-state index is 12.5. The summed E-state index contributed by atoms with van der Waals surface area (Å²) >= 11 is 1.14. The first-order chi connectivity index (χ1) is 11.2. The smallest absolute Gasteiger partial charge is 0.271 e. The summed E-state index contributed by atoms with van der Waals surface area (Å²) in [6.45, 7) is 3.90. The molecular weight excluding hydrogens is 348 g/mol. The van der Waals surface area contributed by atoms with Crippen molar-refractivity contribution in [2.24, 2.45) is 5.41 Å². The first-order valence-corrected chi connectivity index (χ1v) is 9.68. The number of thiophene rings is 1. The van der Waals surface area contributed by atoms with Crippen LogP contribution in [0.25, 0.3) is 0 Å². The number of rotatable bonds is 3. The Morgan fingerprint density at radius 3 is 2.71 bits per heavy atom. The lowest BCUT2D eigenvalue weighted by Gasteiger charge is -2.24. The molecule has 0 spiro atoms. The van der Waals surface area contributed by atoms with Crippen LogP contribution in [-0.4, -0.2) is 28.0 Å². The lowest BCUT2D eigenvalue weighted by atomic mass is 9.93. The Morgan fingerprint density at radius 2 is 2.04 bits per heavy atom. The molecule has 24 heavy (non-hydrogen) atoms. The van der Waals surface area contributed by atoms with Gasteiger partial charge in [0.05, 0.1) is 16.8 Å². The molecule has 2 heterocycles. The van der Waals surface area contributed by atoms with Gasteiger partial charge in [0.15, 0.2) is 0 Å². The zero-order valence-electron chi connectivity index (χ0n) is 13.6. The van der Waals surface area contributed by atoms with Crippen molar-refractivity contribution in [3.63, 3.8) is 0 Å². The van der Waals surface area contributed by atoms with Crippen molar-refractivity contribution in [1.29, 1.82) is 0 Å². The van der Waals surface area contributed by atoms with Crippen molar-refractivity contribution in [3.05, 3.63) is 35.7 Å². The minimum Gasteiger partial charge on any atom is -0.490 e. The fraction of sp³-hybridized carbons (Fsp3) is 0.312. The molecule has 128 valence electrons. The van der Waals surface area contributed by atoms with E-state index in [1.807, 2.05) is 13.8 Å². The molecule has 0 radical (unpaired) electrons. The molecule has 0 fully saturated rings. The number of carbonyl (C=O) groups is 1. The number of hydrogen-bond donors (Lipinski definition) is 1. The normalized spacial score (nSPS) is 17.0. The maximum Gasteiger partial charge on any atom is 0.271 e. The van der Waals surface area contributed by atoms with Crippen molar-refractivity contribution in [2.45, 2.75) is 18.1 Å². The van der Waals surface area contributed by atoms with E-state index in [-0.39, 0.29) is 16.7 Å². The Balaban J connectivity index is 1.95. The van der Waals surface area contributed by atoms with E-state index in [4.69, 9.17) is 4.74 Å². The van der Waals surface area contributed by atoms with Crippen LogP contribution in [0.4, 0.5) is 11.4 Å². The topological polar surface area (TPSA) is 75.7 Å². The highest BCUT2D eigenvalue weighted by Gasteiger charge is 2.36. The molecule has 8 heteroatoms. The Hall–Kier alpha value is -2.06. The van der Waals surface area contributed by atoms with Crippen molar-refractivity contribution < 1.29 is 17.9 Å². The molecule has 0 saturated heterocycles. The third kappa shape index (κ3) is 2.99. The molecule has 1 amide bonds. The molecule has 1 N–H and O–H groups in total. The van der Waals surface area contributed by atoms with Gasteiger partial charge in [-0.3, -0.25) is 9.52 Å². The van der Waals surface area contributed by atoms with Gasteiger partial charge in [0.1, 0.15) is 16.6 Å². The van der Waals surface area contributed by atoms with Gasteiger partial charge in [-0.15, -0.1) is 11.3 Å². The summed E-state index contributed by atoms with van der Waals surface area (Å²) in [5, 5.41) is 1.70. The maximum absolute atomic E-state index is 12.5. The van der Waals surface area contributed by atoms with Crippen molar-refractivity contribution >= 4 is 38.6 Å². The fourth-order valence-corrected chi connectivity index (χ4v) is 4.51. The van der Waals surface area contributed by atoms with Crippen LogP contribution in [0, 0.1) is 5.41 Å². The lowest BCUT2D eigenvalue weighted by molar-refractivity contribution is -0.127. The number of sulfonamides is 1. The van der Waals surface area contributed by atoms with E-state index >= 15 is 0 Å². The number of carbonyl (C=O) groups excluding carboxylic acids is 1. The second-order valence-corrected chi connectivity index (χ2v) is 9.11. The SMILES string of the molecule is CN1C(=O)C(C)(C)COc2ccc(NS(=O)(=O)c3cccs3)cc21. The highest BCUT2D eigenvalue weighted by Crippen LogP contribution is 2.37. The summed E-state index contributed by atoms with van der Waals surface area (Å²) in [6, 6.07) is 8.13. The third-order valence-electron chi connectivity index (χ3n) is 3.80. The Labute approximate surface area is 145 Å². The van der Waals surface area contributed by atoms with E-state index in [0.29, 0.717) is 17.1 Å². The van der Waals surface area contributed by atoms with Gasteiger partial charge in [0.2, 0.25) is 5.91 Å². The Kier molecular flexibility index (Phi) is 4.05. The average Bonchev–Trinajstić information content (AvgIpc) is 3.04. The number of fused-ring (bicyclic) bond motifs is 1. The molecule has 0 unspecified atom stereocenters. The van der Waals surface area contributed by atoms with Crippen molar-refractivity contribution in [2.75, 3.05) is 23.3 Å². The van der Waals surface area contributed by atoms with Crippen LogP contribution in [0.5, 0.6) is 5.75 Å². The second-order valence-electron chi connectivity index (χ2n) is 6.26. The van der Waals surface area contributed by atoms with Crippen LogP contribution in [0.1, 0.15) is 13.8 Å². The molecule has 1 aromatic carbocycles. The fourth-order valence-electron chi connectivity index (χ4n) is 2.47. The zero-order chi connectivity index (χ0) is 17.5.